The Bertz CT molecular complexity index is 370. The van der Waals surface area contributed by atoms with Gasteiger partial charge in [-0.15, -0.1) is 0 Å². The highest BCUT2D eigenvalue weighted by molar-refractivity contribution is 5.91. The minimum absolute atomic E-state index is 0.136. The first-order chi connectivity index (χ1) is 11.3. The van der Waals surface area contributed by atoms with Gasteiger partial charge in [-0.05, 0) is 48.3 Å². The lowest BCUT2D eigenvalue weighted by Gasteiger charge is -2.26. The molecule has 4 heteroatoms. The normalized spacial score (nSPS) is 12.6. The molecule has 0 heterocycles. The minimum atomic E-state index is -0.494. The third-order valence-electron chi connectivity index (χ3n) is 4.29. The SMILES string of the molecule is CC(C)CC(C)(C)CCOC(=O)CC(=O)OCCC(C)(C)CC(C)C. The van der Waals surface area contributed by atoms with Crippen LogP contribution >= 0.6 is 0 Å². The largest absolute Gasteiger partial charge is 0.465 e. The third kappa shape index (κ3) is 13.9. The molecule has 0 aromatic heterocycles. The van der Waals surface area contributed by atoms with E-state index in [1.807, 2.05) is 0 Å². The Morgan fingerprint density at radius 1 is 0.720 bits per heavy atom. The van der Waals surface area contributed by atoms with E-state index < -0.39 is 11.9 Å². The predicted molar refractivity (Wildman–Crippen MR) is 102 cm³/mol. The highest BCUT2D eigenvalue weighted by Gasteiger charge is 2.22. The molecule has 0 bridgehead atoms. The molecule has 148 valence electrons. The number of esters is 2. The van der Waals surface area contributed by atoms with Gasteiger partial charge in [0.25, 0.3) is 0 Å². The molecule has 0 spiro atoms. The number of carbonyl (C=O) groups excluding carboxylic acids is 2. The van der Waals surface area contributed by atoms with E-state index in [1.54, 1.807) is 0 Å². The highest BCUT2D eigenvalue weighted by atomic mass is 16.6. The molecule has 0 saturated heterocycles. The quantitative estimate of drug-likeness (QED) is 0.347. The number of hydrogen-bond donors (Lipinski definition) is 0. The van der Waals surface area contributed by atoms with Crippen molar-refractivity contribution < 1.29 is 19.1 Å². The fraction of sp³-hybridized carbons (Fsp3) is 0.905. The molecule has 0 fully saturated rings. The molecule has 25 heavy (non-hydrogen) atoms. The number of hydrogen-bond acceptors (Lipinski definition) is 4. The first-order valence-corrected chi connectivity index (χ1v) is 9.64. The van der Waals surface area contributed by atoms with E-state index in [0.29, 0.717) is 25.0 Å². The third-order valence-corrected chi connectivity index (χ3v) is 4.29. The molecule has 0 aliphatic heterocycles. The summed E-state index contributed by atoms with van der Waals surface area (Å²) < 4.78 is 10.4. The van der Waals surface area contributed by atoms with Crippen molar-refractivity contribution in [3.8, 4) is 0 Å². The number of rotatable bonds is 12. The van der Waals surface area contributed by atoms with Crippen LogP contribution in [0.15, 0.2) is 0 Å². The van der Waals surface area contributed by atoms with Crippen molar-refractivity contribution >= 4 is 11.9 Å². The summed E-state index contributed by atoms with van der Waals surface area (Å²) in [6.45, 7) is 18.2. The summed E-state index contributed by atoms with van der Waals surface area (Å²) in [5.41, 5.74) is 0.272. The van der Waals surface area contributed by atoms with Gasteiger partial charge < -0.3 is 9.47 Å². The molecular weight excluding hydrogens is 316 g/mol. The Hall–Kier alpha value is -1.06. The van der Waals surface area contributed by atoms with Crippen molar-refractivity contribution in [1.29, 1.82) is 0 Å². The van der Waals surface area contributed by atoms with Gasteiger partial charge in [-0.1, -0.05) is 55.4 Å². The van der Waals surface area contributed by atoms with E-state index in [1.165, 1.54) is 0 Å². The van der Waals surface area contributed by atoms with Crippen LogP contribution in [0.5, 0.6) is 0 Å². The zero-order valence-electron chi connectivity index (χ0n) is 17.7. The van der Waals surface area contributed by atoms with Crippen molar-refractivity contribution in [3.63, 3.8) is 0 Å². The van der Waals surface area contributed by atoms with Crippen molar-refractivity contribution in [2.75, 3.05) is 13.2 Å². The molecule has 0 rings (SSSR count). The summed E-state index contributed by atoms with van der Waals surface area (Å²) in [6, 6.07) is 0. The smallest absolute Gasteiger partial charge is 0.317 e. The topological polar surface area (TPSA) is 52.6 Å². The Kier molecular flexibility index (Phi) is 10.4. The zero-order chi connectivity index (χ0) is 19.7. The van der Waals surface area contributed by atoms with Crippen LogP contribution in [-0.2, 0) is 19.1 Å². The van der Waals surface area contributed by atoms with Crippen LogP contribution in [0.1, 0.15) is 87.5 Å². The second kappa shape index (κ2) is 10.8. The fourth-order valence-electron chi connectivity index (χ4n) is 3.52. The zero-order valence-corrected chi connectivity index (χ0v) is 17.7. The summed E-state index contributed by atoms with van der Waals surface area (Å²) in [5, 5.41) is 0. The monoisotopic (exact) mass is 356 g/mol. The maximum absolute atomic E-state index is 11.7. The lowest BCUT2D eigenvalue weighted by atomic mass is 9.81. The Balaban J connectivity index is 3.98. The van der Waals surface area contributed by atoms with Crippen molar-refractivity contribution in [2.24, 2.45) is 22.7 Å². The molecule has 4 nitrogen and oxygen atoms in total. The van der Waals surface area contributed by atoms with E-state index in [2.05, 4.69) is 55.4 Å². The van der Waals surface area contributed by atoms with Crippen LogP contribution in [-0.4, -0.2) is 25.2 Å². The van der Waals surface area contributed by atoms with E-state index in [0.717, 1.165) is 25.7 Å². The van der Waals surface area contributed by atoms with E-state index in [4.69, 9.17) is 9.47 Å². The van der Waals surface area contributed by atoms with Gasteiger partial charge in [0.05, 0.1) is 13.2 Å². The van der Waals surface area contributed by atoms with E-state index >= 15 is 0 Å². The Morgan fingerprint density at radius 3 is 1.32 bits per heavy atom. The van der Waals surface area contributed by atoms with Gasteiger partial charge in [0, 0.05) is 0 Å². The summed E-state index contributed by atoms with van der Waals surface area (Å²) in [5.74, 6) is 0.236. The van der Waals surface area contributed by atoms with Crippen LogP contribution in [0.25, 0.3) is 0 Å². The van der Waals surface area contributed by atoms with Crippen molar-refractivity contribution in [1.82, 2.24) is 0 Å². The fourth-order valence-corrected chi connectivity index (χ4v) is 3.52. The van der Waals surface area contributed by atoms with Gasteiger partial charge >= 0.3 is 11.9 Å². The summed E-state index contributed by atoms with van der Waals surface area (Å²) >= 11 is 0. The average molecular weight is 357 g/mol. The molecule has 0 radical (unpaired) electrons. The second-order valence-electron chi connectivity index (χ2n) is 9.64. The van der Waals surface area contributed by atoms with Crippen LogP contribution < -0.4 is 0 Å². The summed E-state index contributed by atoms with van der Waals surface area (Å²) in [7, 11) is 0. The maximum atomic E-state index is 11.7. The van der Waals surface area contributed by atoms with Crippen LogP contribution in [0.3, 0.4) is 0 Å². The van der Waals surface area contributed by atoms with Crippen molar-refractivity contribution in [2.45, 2.75) is 87.5 Å². The Labute approximate surface area is 155 Å². The van der Waals surface area contributed by atoms with Gasteiger partial charge in [0.1, 0.15) is 6.42 Å². The minimum Gasteiger partial charge on any atom is -0.465 e. The van der Waals surface area contributed by atoms with Gasteiger partial charge in [0.2, 0.25) is 0 Å². The average Bonchev–Trinajstić information content (AvgIpc) is 2.34. The standard InChI is InChI=1S/C21H40O4/c1-16(2)14-20(5,6)9-11-24-18(22)13-19(23)25-12-10-21(7,8)15-17(3)4/h16-17H,9-15H2,1-8H3. The van der Waals surface area contributed by atoms with Crippen molar-refractivity contribution in [3.05, 3.63) is 0 Å². The highest BCUT2D eigenvalue weighted by Crippen LogP contribution is 2.29. The molecule has 0 aliphatic rings. The van der Waals surface area contributed by atoms with Gasteiger partial charge in [-0.2, -0.15) is 0 Å². The number of ether oxygens (including phenoxy) is 2. The Morgan fingerprint density at radius 2 is 1.04 bits per heavy atom. The van der Waals surface area contributed by atoms with Crippen LogP contribution in [0.2, 0.25) is 0 Å². The van der Waals surface area contributed by atoms with Crippen LogP contribution in [0, 0.1) is 22.7 Å². The molecule has 0 aliphatic carbocycles. The molecule has 0 N–H and O–H groups in total. The summed E-state index contributed by atoms with van der Waals surface area (Å²) in [4.78, 5) is 23.5. The molecule has 0 amide bonds. The summed E-state index contributed by atoms with van der Waals surface area (Å²) in [6.07, 6.45) is 3.47. The van der Waals surface area contributed by atoms with Crippen LogP contribution in [0.4, 0.5) is 0 Å². The maximum Gasteiger partial charge on any atom is 0.317 e. The van der Waals surface area contributed by atoms with E-state index in [9.17, 15) is 9.59 Å². The molecule has 0 aromatic rings. The second-order valence-corrected chi connectivity index (χ2v) is 9.64. The molecule has 0 atom stereocenters. The van der Waals surface area contributed by atoms with E-state index in [-0.39, 0.29) is 17.3 Å². The molecule has 0 saturated carbocycles. The first kappa shape index (κ1) is 23.9. The molecule has 0 unspecified atom stereocenters. The van der Waals surface area contributed by atoms with Gasteiger partial charge in [-0.3, -0.25) is 9.59 Å². The first-order valence-electron chi connectivity index (χ1n) is 9.64. The predicted octanol–water partition coefficient (Wildman–Crippen LogP) is 5.39. The molecular formula is C21H40O4. The van der Waals surface area contributed by atoms with Gasteiger partial charge in [0.15, 0.2) is 0 Å². The lowest BCUT2D eigenvalue weighted by Crippen LogP contribution is -2.21. The number of carbonyl (C=O) groups is 2. The molecule has 0 aromatic carbocycles. The van der Waals surface area contributed by atoms with Gasteiger partial charge in [-0.25, -0.2) is 0 Å². The lowest BCUT2D eigenvalue weighted by molar-refractivity contribution is -0.155.